The van der Waals surface area contributed by atoms with E-state index in [2.05, 4.69) is 0 Å². The Hall–Kier alpha value is -2.52. The largest absolute Gasteiger partial charge is 0.401 e. The van der Waals surface area contributed by atoms with Crippen LogP contribution in [0.5, 0.6) is 0 Å². The van der Waals surface area contributed by atoms with Crippen molar-refractivity contribution in [2.45, 2.75) is 11.1 Å². The van der Waals surface area contributed by atoms with Gasteiger partial charge in [0.2, 0.25) is 0 Å². The average Bonchev–Trinajstić information content (AvgIpc) is 3.12. The van der Waals surface area contributed by atoms with Crippen molar-refractivity contribution in [3.05, 3.63) is 60.8 Å². The zero-order valence-electron chi connectivity index (χ0n) is 15.5. The molecule has 0 spiro atoms. The van der Waals surface area contributed by atoms with E-state index >= 15 is 0 Å². The minimum atomic E-state index is -4.20. The Morgan fingerprint density at radius 3 is 2.24 bits per heavy atom. The number of hydrogen-bond donors (Lipinski definition) is 0. The number of benzene rings is 2. The topological polar surface area (TPSA) is 45.6 Å². The van der Waals surface area contributed by atoms with Gasteiger partial charge in [0.25, 0.3) is 10.0 Å². The summed E-state index contributed by atoms with van der Waals surface area (Å²) in [7, 11) is -3.73. The quantitative estimate of drug-likeness (QED) is 0.644. The van der Waals surface area contributed by atoms with Gasteiger partial charge in [-0.1, -0.05) is 24.3 Å². The number of aromatic nitrogens is 1. The van der Waals surface area contributed by atoms with Crippen molar-refractivity contribution in [3.63, 3.8) is 0 Å². The van der Waals surface area contributed by atoms with E-state index in [1.54, 1.807) is 42.5 Å². The second-order valence-electron chi connectivity index (χ2n) is 7.05. The summed E-state index contributed by atoms with van der Waals surface area (Å²) < 4.78 is 65.0. The van der Waals surface area contributed by atoms with Gasteiger partial charge in [-0.15, -0.1) is 0 Å². The molecule has 0 aliphatic carbocycles. The van der Waals surface area contributed by atoms with Crippen molar-refractivity contribution in [1.29, 1.82) is 0 Å². The fourth-order valence-electron chi connectivity index (χ4n) is 3.62. The van der Waals surface area contributed by atoms with Crippen LogP contribution in [0, 0.1) is 0 Å². The molecule has 5 nitrogen and oxygen atoms in total. The summed E-state index contributed by atoms with van der Waals surface area (Å²) in [5, 5.41) is 0.781. The highest BCUT2D eigenvalue weighted by Gasteiger charge is 2.32. The molecule has 2 aromatic carbocycles. The number of alkyl halides is 3. The molecule has 3 aromatic rings. The van der Waals surface area contributed by atoms with Crippen LogP contribution in [0.2, 0.25) is 0 Å². The zero-order chi connectivity index (χ0) is 20.6. The summed E-state index contributed by atoms with van der Waals surface area (Å²) in [5.74, 6) is 0. The zero-order valence-corrected chi connectivity index (χ0v) is 16.3. The highest BCUT2D eigenvalue weighted by molar-refractivity contribution is 7.90. The van der Waals surface area contributed by atoms with Crippen LogP contribution in [0.1, 0.15) is 0 Å². The molecule has 2 heterocycles. The number of fused-ring (bicyclic) bond motifs is 1. The first-order chi connectivity index (χ1) is 13.7. The Kier molecular flexibility index (Phi) is 5.04. The van der Waals surface area contributed by atoms with Crippen LogP contribution in [0.4, 0.5) is 18.9 Å². The third-order valence-electron chi connectivity index (χ3n) is 5.08. The lowest BCUT2D eigenvalue weighted by Crippen LogP contribution is -2.49. The van der Waals surface area contributed by atoms with Crippen molar-refractivity contribution >= 4 is 26.6 Å². The van der Waals surface area contributed by atoms with Crippen molar-refractivity contribution in [2.24, 2.45) is 0 Å². The van der Waals surface area contributed by atoms with Crippen LogP contribution in [0.25, 0.3) is 10.9 Å². The lowest BCUT2D eigenvalue weighted by molar-refractivity contribution is -0.146. The van der Waals surface area contributed by atoms with Gasteiger partial charge < -0.3 is 4.90 Å². The molecule has 9 heteroatoms. The van der Waals surface area contributed by atoms with Crippen molar-refractivity contribution in [3.8, 4) is 0 Å². The molecule has 1 aliphatic heterocycles. The van der Waals surface area contributed by atoms with Crippen LogP contribution in [-0.2, 0) is 10.0 Å². The lowest BCUT2D eigenvalue weighted by atomic mass is 10.2. The predicted molar refractivity (Wildman–Crippen MR) is 106 cm³/mol. The molecule has 1 fully saturated rings. The maximum atomic E-state index is 13.0. The summed E-state index contributed by atoms with van der Waals surface area (Å²) in [6.45, 7) is 0.612. The lowest BCUT2D eigenvalue weighted by Gasteiger charge is -2.36. The molecule has 0 atom stereocenters. The Bertz CT molecular complexity index is 1100. The third-order valence-corrected chi connectivity index (χ3v) is 6.79. The van der Waals surface area contributed by atoms with E-state index in [1.807, 2.05) is 17.0 Å². The Morgan fingerprint density at radius 1 is 0.897 bits per heavy atom. The normalized spacial score (nSPS) is 16.4. The predicted octanol–water partition coefficient (Wildman–Crippen LogP) is 3.56. The van der Waals surface area contributed by atoms with Crippen molar-refractivity contribution in [1.82, 2.24) is 8.87 Å². The Labute approximate surface area is 167 Å². The molecular weight excluding hydrogens is 403 g/mol. The average molecular weight is 423 g/mol. The van der Waals surface area contributed by atoms with Crippen LogP contribution < -0.4 is 4.90 Å². The van der Waals surface area contributed by atoms with Crippen LogP contribution in [0.3, 0.4) is 0 Å². The van der Waals surface area contributed by atoms with E-state index in [-0.39, 0.29) is 4.90 Å². The van der Waals surface area contributed by atoms with E-state index < -0.39 is 22.7 Å². The molecule has 1 aromatic heterocycles. The van der Waals surface area contributed by atoms with Gasteiger partial charge in [0.1, 0.15) is 0 Å². The molecule has 29 heavy (non-hydrogen) atoms. The maximum Gasteiger partial charge on any atom is 0.401 e. The first-order valence-corrected chi connectivity index (χ1v) is 10.6. The molecule has 0 amide bonds. The van der Waals surface area contributed by atoms with Gasteiger partial charge in [-0.25, -0.2) is 12.4 Å². The molecule has 0 unspecified atom stereocenters. The third kappa shape index (κ3) is 4.11. The van der Waals surface area contributed by atoms with Gasteiger partial charge in [0.05, 0.1) is 17.0 Å². The number of anilines is 1. The Balaban J connectivity index is 1.60. The molecule has 154 valence electrons. The summed E-state index contributed by atoms with van der Waals surface area (Å²) in [6, 6.07) is 15.4. The minimum Gasteiger partial charge on any atom is -0.369 e. The molecule has 1 aliphatic rings. The summed E-state index contributed by atoms with van der Waals surface area (Å²) in [6.07, 6.45) is -2.67. The van der Waals surface area contributed by atoms with E-state index in [0.717, 1.165) is 11.1 Å². The van der Waals surface area contributed by atoms with Gasteiger partial charge >= 0.3 is 6.18 Å². The molecule has 4 rings (SSSR count). The first-order valence-electron chi connectivity index (χ1n) is 9.20. The smallest absolute Gasteiger partial charge is 0.369 e. The number of rotatable bonds is 4. The van der Waals surface area contributed by atoms with Gasteiger partial charge in [-0.2, -0.15) is 13.2 Å². The van der Waals surface area contributed by atoms with E-state index in [1.165, 1.54) is 15.1 Å². The molecule has 0 radical (unpaired) electrons. The van der Waals surface area contributed by atoms with E-state index in [9.17, 15) is 21.6 Å². The first kappa shape index (κ1) is 19.8. The maximum absolute atomic E-state index is 13.0. The standard InChI is InChI=1S/C20H20F3N3O2S/c21-20(22,23)15-24-10-12-25(13-11-24)17-7-6-16-8-9-26(19(16)14-17)29(27,28)18-4-2-1-3-5-18/h1-9,14H,10-13,15H2. The summed E-state index contributed by atoms with van der Waals surface area (Å²) in [4.78, 5) is 3.57. The minimum absolute atomic E-state index is 0.198. The summed E-state index contributed by atoms with van der Waals surface area (Å²) in [5.41, 5.74) is 1.34. The fraction of sp³-hybridized carbons (Fsp3) is 0.300. The van der Waals surface area contributed by atoms with Crippen LogP contribution >= 0.6 is 0 Å². The van der Waals surface area contributed by atoms with Gasteiger partial charge in [0, 0.05) is 43.4 Å². The molecule has 1 saturated heterocycles. The van der Waals surface area contributed by atoms with E-state index in [0.29, 0.717) is 31.7 Å². The number of halogens is 3. The number of nitrogens with zero attached hydrogens (tertiary/aromatic N) is 3. The van der Waals surface area contributed by atoms with Gasteiger partial charge in [-0.05, 0) is 30.3 Å². The fourth-order valence-corrected chi connectivity index (χ4v) is 4.99. The molecule has 0 N–H and O–H groups in total. The molecular formula is C20H20F3N3O2S. The Morgan fingerprint density at radius 2 is 1.59 bits per heavy atom. The highest BCUT2D eigenvalue weighted by Crippen LogP contribution is 2.27. The van der Waals surface area contributed by atoms with Crippen LogP contribution in [0.15, 0.2) is 65.7 Å². The second-order valence-corrected chi connectivity index (χ2v) is 8.87. The van der Waals surface area contributed by atoms with Crippen molar-refractivity contribution in [2.75, 3.05) is 37.6 Å². The van der Waals surface area contributed by atoms with Gasteiger partial charge in [-0.3, -0.25) is 4.90 Å². The van der Waals surface area contributed by atoms with Crippen molar-refractivity contribution < 1.29 is 21.6 Å². The van der Waals surface area contributed by atoms with Crippen LogP contribution in [-0.4, -0.2) is 56.2 Å². The van der Waals surface area contributed by atoms with Gasteiger partial charge in [0.15, 0.2) is 0 Å². The number of piperazine rings is 1. The number of hydrogen-bond acceptors (Lipinski definition) is 4. The summed E-state index contributed by atoms with van der Waals surface area (Å²) >= 11 is 0. The monoisotopic (exact) mass is 423 g/mol. The molecule has 0 bridgehead atoms. The highest BCUT2D eigenvalue weighted by atomic mass is 32.2. The second kappa shape index (κ2) is 7.38. The van der Waals surface area contributed by atoms with E-state index in [4.69, 9.17) is 0 Å². The SMILES string of the molecule is O=S(=O)(c1ccccc1)n1ccc2ccc(N3CCN(CC(F)(F)F)CC3)cc21. The molecule has 0 saturated carbocycles.